The van der Waals surface area contributed by atoms with Crippen LogP contribution in [0.1, 0.15) is 36.0 Å². The Kier molecular flexibility index (Phi) is 6.15. The number of carbonyl (C=O) groups is 1. The maximum Gasteiger partial charge on any atom is 0.416 e. The average molecular weight is 452 g/mol. The smallest absolute Gasteiger partial charge is 0.373 e. The van der Waals surface area contributed by atoms with Crippen LogP contribution < -0.4 is 0 Å². The molecule has 0 aromatic heterocycles. The predicted octanol–water partition coefficient (Wildman–Crippen LogP) is 3.52. The Balaban J connectivity index is 2.04. The first-order chi connectivity index (χ1) is 14.5. The highest BCUT2D eigenvalue weighted by Gasteiger charge is 2.45. The number of alkyl halides is 3. The fourth-order valence-corrected chi connectivity index (χ4v) is 3.94. The molecule has 0 fully saturated rings. The molecule has 31 heavy (non-hydrogen) atoms. The van der Waals surface area contributed by atoms with E-state index in [0.717, 1.165) is 36.8 Å². The molecule has 10 heteroatoms. The molecule has 2 aromatic rings. The van der Waals surface area contributed by atoms with Gasteiger partial charge in [0.2, 0.25) is 0 Å². The van der Waals surface area contributed by atoms with Crippen molar-refractivity contribution < 1.29 is 31.5 Å². The van der Waals surface area contributed by atoms with Crippen molar-refractivity contribution in [1.82, 2.24) is 0 Å². The number of hydrogen-bond acceptors (Lipinski definition) is 6. The topological polar surface area (TPSA) is 96.2 Å². The van der Waals surface area contributed by atoms with E-state index in [9.17, 15) is 31.5 Å². The minimum Gasteiger partial charge on any atom is -0.373 e. The number of nitrogens with zero attached hydrogens (tertiary/aromatic N) is 2. The highest BCUT2D eigenvalue weighted by molar-refractivity contribution is 7.90. The molecule has 2 aromatic carbocycles. The Hall–Kier alpha value is -2.85. The summed E-state index contributed by atoms with van der Waals surface area (Å²) in [4.78, 5) is 10.7. The molecule has 1 aliphatic heterocycles. The van der Waals surface area contributed by atoms with Gasteiger partial charge in [0, 0.05) is 18.2 Å². The van der Waals surface area contributed by atoms with E-state index < -0.39 is 27.2 Å². The molecule has 1 unspecified atom stereocenters. The fraction of sp³-hybridized carbons (Fsp3) is 0.286. The number of unbranched alkanes of at least 4 members (excludes halogenated alkanes) is 1. The summed E-state index contributed by atoms with van der Waals surface area (Å²) in [6, 6.07) is 9.64. The van der Waals surface area contributed by atoms with E-state index in [1.165, 1.54) is 24.3 Å². The van der Waals surface area contributed by atoms with Crippen LogP contribution >= 0.6 is 0 Å². The lowest BCUT2D eigenvalue weighted by Gasteiger charge is -2.28. The predicted molar refractivity (Wildman–Crippen MR) is 109 cm³/mol. The molecule has 1 atom stereocenters. The number of sulfone groups is 1. The molecule has 0 bridgehead atoms. The number of aliphatic hydroxyl groups is 1. The molecule has 6 nitrogen and oxygen atoms in total. The Morgan fingerprint density at radius 2 is 1.65 bits per heavy atom. The first-order valence-electron chi connectivity index (χ1n) is 9.27. The molecule has 0 aliphatic carbocycles. The maximum absolute atomic E-state index is 13.0. The molecule has 0 saturated heterocycles. The summed E-state index contributed by atoms with van der Waals surface area (Å²) in [6.07, 6.45) is -1.96. The molecule has 3 rings (SSSR count). The van der Waals surface area contributed by atoms with Gasteiger partial charge in [-0.3, -0.25) is 0 Å². The van der Waals surface area contributed by atoms with Gasteiger partial charge in [0.05, 0.1) is 16.2 Å². The van der Waals surface area contributed by atoms with Crippen LogP contribution in [0.4, 0.5) is 13.2 Å². The van der Waals surface area contributed by atoms with Gasteiger partial charge in [-0.25, -0.2) is 8.42 Å². The van der Waals surface area contributed by atoms with Crippen molar-refractivity contribution in [3.63, 3.8) is 0 Å². The lowest BCUT2D eigenvalue weighted by Crippen LogP contribution is -2.41. The summed E-state index contributed by atoms with van der Waals surface area (Å²) < 4.78 is 62.3. The minimum atomic E-state index is -4.53. The van der Waals surface area contributed by atoms with Crippen molar-refractivity contribution in [2.24, 2.45) is 10.2 Å². The second-order valence-corrected chi connectivity index (χ2v) is 9.15. The number of halogens is 3. The fourth-order valence-electron chi connectivity index (χ4n) is 3.31. The molecule has 0 radical (unpaired) electrons. The second-order valence-electron chi connectivity index (χ2n) is 7.14. The minimum absolute atomic E-state index is 0.0633. The average Bonchev–Trinajstić information content (AvgIpc) is 3.04. The Morgan fingerprint density at radius 3 is 2.16 bits per heavy atom. The Labute approximate surface area is 177 Å². The highest BCUT2D eigenvalue weighted by Crippen LogP contribution is 2.37. The van der Waals surface area contributed by atoms with Crippen LogP contribution in [0.2, 0.25) is 0 Å². The van der Waals surface area contributed by atoms with Gasteiger partial charge in [-0.05, 0) is 42.7 Å². The summed E-state index contributed by atoms with van der Waals surface area (Å²) in [5, 5.41) is 19.7. The van der Waals surface area contributed by atoms with Gasteiger partial charge in [-0.2, -0.15) is 23.4 Å². The van der Waals surface area contributed by atoms with E-state index in [2.05, 4.69) is 10.2 Å². The summed E-state index contributed by atoms with van der Waals surface area (Å²) in [7, 11) is -3.44. The zero-order chi connectivity index (χ0) is 22.9. The third-order valence-corrected chi connectivity index (χ3v) is 6.08. The third-order valence-electron chi connectivity index (χ3n) is 4.95. The largest absolute Gasteiger partial charge is 0.416 e. The van der Waals surface area contributed by atoms with E-state index in [4.69, 9.17) is 0 Å². The van der Waals surface area contributed by atoms with Gasteiger partial charge in [-0.1, -0.05) is 24.3 Å². The van der Waals surface area contributed by atoms with E-state index in [-0.39, 0.29) is 34.7 Å². The molecule has 0 amide bonds. The Morgan fingerprint density at radius 1 is 1.03 bits per heavy atom. The number of hydrogen-bond donors (Lipinski definition) is 1. The van der Waals surface area contributed by atoms with Crippen LogP contribution in [0.3, 0.4) is 0 Å². The van der Waals surface area contributed by atoms with Gasteiger partial charge in [0.25, 0.3) is 0 Å². The summed E-state index contributed by atoms with van der Waals surface area (Å²) in [6.45, 7) is 0. The first-order valence-corrected chi connectivity index (χ1v) is 11.2. The SMILES string of the molecule is CS(=O)(=O)c1ccc(C2=NN=C(CCCC=O)C2(O)c2ccc(C(F)(F)F)cc2)cc1. The normalized spacial score (nSPS) is 19.1. The monoisotopic (exact) mass is 452 g/mol. The van der Waals surface area contributed by atoms with Crippen molar-refractivity contribution in [3.8, 4) is 0 Å². The van der Waals surface area contributed by atoms with E-state index in [1.54, 1.807) is 0 Å². The zero-order valence-corrected chi connectivity index (χ0v) is 17.2. The number of carbonyl (C=O) groups excluding carboxylic acids is 1. The third kappa shape index (κ3) is 4.59. The van der Waals surface area contributed by atoms with Gasteiger partial charge < -0.3 is 9.90 Å². The molecule has 0 spiro atoms. The molecular formula is C21H19F3N2O4S. The lowest BCUT2D eigenvalue weighted by molar-refractivity contribution is -0.137. The van der Waals surface area contributed by atoms with Crippen LogP contribution in [0, 0.1) is 0 Å². The maximum atomic E-state index is 13.0. The number of rotatable bonds is 7. The number of aldehydes is 1. The molecule has 1 heterocycles. The molecule has 0 saturated carbocycles. The van der Waals surface area contributed by atoms with Crippen molar-refractivity contribution in [2.75, 3.05) is 6.26 Å². The standard InChI is InChI=1S/C21H19F3N2O4S/c1-31(29,30)17-11-5-14(6-12-17)19-20(28,18(25-26-19)4-2-3-13-27)15-7-9-16(10-8-15)21(22,23)24/h5-13,28H,2-4H2,1H3. The van der Waals surface area contributed by atoms with Crippen LogP contribution in [0.15, 0.2) is 63.6 Å². The zero-order valence-electron chi connectivity index (χ0n) is 16.4. The van der Waals surface area contributed by atoms with Crippen molar-refractivity contribution in [3.05, 3.63) is 65.2 Å². The molecular weight excluding hydrogens is 433 g/mol. The highest BCUT2D eigenvalue weighted by atomic mass is 32.2. The lowest BCUT2D eigenvalue weighted by atomic mass is 9.80. The summed E-state index contributed by atoms with van der Waals surface area (Å²) in [5.74, 6) is 0. The van der Waals surface area contributed by atoms with Crippen molar-refractivity contribution in [1.29, 1.82) is 0 Å². The Bertz CT molecular complexity index is 1140. The van der Waals surface area contributed by atoms with Crippen LogP contribution in [0.25, 0.3) is 0 Å². The first kappa shape index (κ1) is 22.8. The van der Waals surface area contributed by atoms with Crippen molar-refractivity contribution in [2.45, 2.75) is 35.9 Å². The van der Waals surface area contributed by atoms with E-state index >= 15 is 0 Å². The molecule has 164 valence electrons. The van der Waals surface area contributed by atoms with Crippen LogP contribution in [-0.2, 0) is 26.4 Å². The van der Waals surface area contributed by atoms with Gasteiger partial charge in [0.15, 0.2) is 15.4 Å². The van der Waals surface area contributed by atoms with Gasteiger partial charge in [0.1, 0.15) is 12.0 Å². The van der Waals surface area contributed by atoms with Crippen LogP contribution in [-0.4, -0.2) is 37.5 Å². The van der Waals surface area contributed by atoms with Gasteiger partial charge in [-0.15, -0.1) is 0 Å². The molecule has 1 N–H and O–H groups in total. The summed E-state index contributed by atoms with van der Waals surface area (Å²) in [5.41, 5.74) is -2.03. The summed E-state index contributed by atoms with van der Waals surface area (Å²) >= 11 is 0. The molecule has 1 aliphatic rings. The van der Waals surface area contributed by atoms with Crippen molar-refractivity contribution >= 4 is 27.5 Å². The van der Waals surface area contributed by atoms with Gasteiger partial charge >= 0.3 is 6.18 Å². The number of benzene rings is 2. The van der Waals surface area contributed by atoms with E-state index in [1.807, 2.05) is 0 Å². The van der Waals surface area contributed by atoms with Crippen LogP contribution in [0.5, 0.6) is 0 Å². The van der Waals surface area contributed by atoms with E-state index in [0.29, 0.717) is 12.0 Å². The second kappa shape index (κ2) is 8.35. The quantitative estimate of drug-likeness (QED) is 0.514.